The van der Waals surface area contributed by atoms with Crippen LogP contribution in [0.3, 0.4) is 0 Å². The second-order valence-corrected chi connectivity index (χ2v) is 12.0. The highest BCUT2D eigenvalue weighted by molar-refractivity contribution is 5.52. The maximum Gasteiger partial charge on any atom is 0.134 e. The molecule has 0 aromatic heterocycles. The van der Waals surface area contributed by atoms with Crippen LogP contribution >= 0.6 is 0 Å². The lowest BCUT2D eigenvalue weighted by Crippen LogP contribution is -1.94. The topological polar surface area (TPSA) is 107 Å². The van der Waals surface area contributed by atoms with Gasteiger partial charge in [0.15, 0.2) is 0 Å². The number of ether oxygens (including phenoxy) is 6. The molecule has 8 heteroatoms. The molecule has 0 spiro atoms. The SMILES string of the molecule is Cc1cc(Oc2ccc(Oc3cccc(Oc4cccc(N)c4)c3)cc2)c(C)c(Oc2ccc(Oc3cccc(Oc4cccc(N)c4)c3)cc2)c1. The number of aryl methyl sites for hydroxylation is 1. The fourth-order valence-electron chi connectivity index (χ4n) is 5.31. The molecule has 8 nitrogen and oxygen atoms in total. The molecule has 7 rings (SSSR count). The van der Waals surface area contributed by atoms with Gasteiger partial charge in [-0.15, -0.1) is 0 Å². The zero-order chi connectivity index (χ0) is 35.9. The molecule has 7 aromatic rings. The molecule has 0 saturated heterocycles. The first-order chi connectivity index (χ1) is 25.3. The van der Waals surface area contributed by atoms with Crippen LogP contribution in [0, 0.1) is 13.8 Å². The van der Waals surface area contributed by atoms with E-state index in [1.807, 2.05) is 159 Å². The quantitative estimate of drug-likeness (QED) is 0.122. The van der Waals surface area contributed by atoms with Crippen molar-refractivity contribution in [3.8, 4) is 69.0 Å². The first-order valence-corrected chi connectivity index (χ1v) is 16.6. The maximum atomic E-state index is 6.30. The number of nitrogens with two attached hydrogens (primary N) is 2. The smallest absolute Gasteiger partial charge is 0.134 e. The van der Waals surface area contributed by atoms with E-state index < -0.39 is 0 Å². The molecule has 52 heavy (non-hydrogen) atoms. The fourth-order valence-corrected chi connectivity index (χ4v) is 5.31. The average molecular weight is 689 g/mol. The van der Waals surface area contributed by atoms with Crippen molar-refractivity contribution >= 4 is 11.4 Å². The van der Waals surface area contributed by atoms with E-state index >= 15 is 0 Å². The van der Waals surface area contributed by atoms with Crippen LogP contribution in [0.15, 0.2) is 158 Å². The lowest BCUT2D eigenvalue weighted by atomic mass is 10.1. The highest BCUT2D eigenvalue weighted by Crippen LogP contribution is 2.37. The zero-order valence-corrected chi connectivity index (χ0v) is 28.6. The number of hydrogen-bond acceptors (Lipinski definition) is 8. The monoisotopic (exact) mass is 688 g/mol. The van der Waals surface area contributed by atoms with Gasteiger partial charge in [0.2, 0.25) is 0 Å². The van der Waals surface area contributed by atoms with Crippen molar-refractivity contribution in [2.45, 2.75) is 13.8 Å². The van der Waals surface area contributed by atoms with Crippen LogP contribution in [0.2, 0.25) is 0 Å². The van der Waals surface area contributed by atoms with E-state index in [-0.39, 0.29) is 0 Å². The minimum atomic E-state index is 0.634. The van der Waals surface area contributed by atoms with Gasteiger partial charge in [-0.05, 0) is 129 Å². The van der Waals surface area contributed by atoms with Crippen LogP contribution < -0.4 is 39.9 Å². The van der Waals surface area contributed by atoms with Crippen molar-refractivity contribution in [2.24, 2.45) is 0 Å². The van der Waals surface area contributed by atoms with Gasteiger partial charge in [-0.3, -0.25) is 0 Å². The Kier molecular flexibility index (Phi) is 9.79. The molecule has 0 saturated carbocycles. The van der Waals surface area contributed by atoms with Gasteiger partial charge in [-0.2, -0.15) is 0 Å². The summed E-state index contributed by atoms with van der Waals surface area (Å²) in [5.41, 5.74) is 14.9. The molecule has 0 atom stereocenters. The summed E-state index contributed by atoms with van der Waals surface area (Å²) >= 11 is 0. The number of hydrogen-bond donors (Lipinski definition) is 2. The third-order valence-corrected chi connectivity index (χ3v) is 7.83. The summed E-state index contributed by atoms with van der Waals surface area (Å²) in [6.07, 6.45) is 0. The van der Waals surface area contributed by atoms with E-state index in [4.69, 9.17) is 39.9 Å². The second-order valence-electron chi connectivity index (χ2n) is 12.0. The summed E-state index contributed by atoms with van der Waals surface area (Å²) in [4.78, 5) is 0. The Morgan fingerprint density at radius 1 is 0.308 bits per heavy atom. The van der Waals surface area contributed by atoms with Crippen LogP contribution in [0.25, 0.3) is 0 Å². The molecule has 0 radical (unpaired) electrons. The van der Waals surface area contributed by atoms with E-state index in [1.54, 1.807) is 12.1 Å². The molecule has 0 unspecified atom stereocenters. The average Bonchev–Trinajstić information content (AvgIpc) is 3.12. The van der Waals surface area contributed by atoms with E-state index in [1.165, 1.54) is 0 Å². The number of benzene rings is 7. The predicted molar refractivity (Wildman–Crippen MR) is 204 cm³/mol. The normalized spacial score (nSPS) is 10.7. The first-order valence-electron chi connectivity index (χ1n) is 16.6. The van der Waals surface area contributed by atoms with Crippen LogP contribution in [-0.2, 0) is 0 Å². The first kappa shape index (κ1) is 33.4. The highest BCUT2D eigenvalue weighted by atomic mass is 16.5. The largest absolute Gasteiger partial charge is 0.457 e. The summed E-state index contributed by atoms with van der Waals surface area (Å²) in [5.74, 6) is 7.89. The fraction of sp³-hybridized carbons (Fsp3) is 0.0455. The standard InChI is InChI=1S/C44H36N2O6/c1-29-23-43(51-35-19-15-33(16-20-35)47-39-11-5-13-41(27-39)49-37-9-3-7-31(45)25-37)30(2)44(24-29)52-36-21-17-34(18-22-36)48-40-12-6-14-42(28-40)50-38-10-4-8-32(46)26-38/h3-28H,45-46H2,1-2H3. The van der Waals surface area contributed by atoms with E-state index in [2.05, 4.69) is 0 Å². The third-order valence-electron chi connectivity index (χ3n) is 7.83. The molecule has 0 bridgehead atoms. The van der Waals surface area contributed by atoms with Gasteiger partial charge in [0.25, 0.3) is 0 Å². The van der Waals surface area contributed by atoms with Crippen molar-refractivity contribution in [2.75, 3.05) is 11.5 Å². The molecule has 0 heterocycles. The summed E-state index contributed by atoms with van der Waals surface area (Å²) in [6, 6.07) is 48.3. The van der Waals surface area contributed by atoms with Crippen molar-refractivity contribution in [1.82, 2.24) is 0 Å². The Morgan fingerprint density at radius 3 is 0.942 bits per heavy atom. The molecule has 258 valence electrons. The number of anilines is 2. The van der Waals surface area contributed by atoms with Crippen molar-refractivity contribution in [3.63, 3.8) is 0 Å². The van der Waals surface area contributed by atoms with Crippen molar-refractivity contribution in [3.05, 3.63) is 169 Å². The molecule has 0 aliphatic heterocycles. The van der Waals surface area contributed by atoms with Gasteiger partial charge in [0, 0.05) is 41.2 Å². The van der Waals surface area contributed by atoms with Gasteiger partial charge in [0.05, 0.1) is 0 Å². The molecule has 0 aliphatic rings. The molecule has 0 amide bonds. The minimum Gasteiger partial charge on any atom is -0.457 e. The second kappa shape index (κ2) is 15.2. The zero-order valence-electron chi connectivity index (χ0n) is 28.6. The Morgan fingerprint density at radius 2 is 0.596 bits per heavy atom. The number of rotatable bonds is 12. The van der Waals surface area contributed by atoms with Crippen molar-refractivity contribution in [1.29, 1.82) is 0 Å². The third kappa shape index (κ3) is 8.74. The van der Waals surface area contributed by atoms with Gasteiger partial charge in [-0.1, -0.05) is 24.3 Å². The highest BCUT2D eigenvalue weighted by Gasteiger charge is 2.12. The Labute approximate surface area is 302 Å². The Hall–Kier alpha value is -7.06. The molecular formula is C44H36N2O6. The number of nitrogen functional groups attached to an aromatic ring is 2. The Bertz CT molecular complexity index is 2150. The van der Waals surface area contributed by atoms with Crippen LogP contribution in [-0.4, -0.2) is 0 Å². The van der Waals surface area contributed by atoms with Crippen LogP contribution in [0.5, 0.6) is 69.0 Å². The Balaban J connectivity index is 0.969. The summed E-state index contributed by atoms with van der Waals surface area (Å²) < 4.78 is 36.7. The van der Waals surface area contributed by atoms with E-state index in [0.717, 1.165) is 11.1 Å². The molecule has 0 aliphatic carbocycles. The minimum absolute atomic E-state index is 0.634. The van der Waals surface area contributed by atoms with Gasteiger partial charge in [0.1, 0.15) is 69.0 Å². The summed E-state index contributed by atoms with van der Waals surface area (Å²) in [5, 5.41) is 0. The van der Waals surface area contributed by atoms with E-state index in [9.17, 15) is 0 Å². The molecule has 4 N–H and O–H groups in total. The lowest BCUT2D eigenvalue weighted by Gasteiger charge is -2.15. The predicted octanol–water partition coefficient (Wildman–Crippen LogP) is 12.2. The lowest BCUT2D eigenvalue weighted by molar-refractivity contribution is 0.446. The van der Waals surface area contributed by atoms with E-state index in [0.29, 0.717) is 80.4 Å². The van der Waals surface area contributed by atoms with Crippen LogP contribution in [0.4, 0.5) is 11.4 Å². The summed E-state index contributed by atoms with van der Waals surface area (Å²) in [7, 11) is 0. The van der Waals surface area contributed by atoms with Crippen molar-refractivity contribution < 1.29 is 28.4 Å². The summed E-state index contributed by atoms with van der Waals surface area (Å²) in [6.45, 7) is 3.97. The molecule has 7 aromatic carbocycles. The maximum absolute atomic E-state index is 6.30. The molecule has 0 fully saturated rings. The molecular weight excluding hydrogens is 652 g/mol. The van der Waals surface area contributed by atoms with Gasteiger partial charge >= 0.3 is 0 Å². The van der Waals surface area contributed by atoms with Crippen LogP contribution in [0.1, 0.15) is 11.1 Å². The van der Waals surface area contributed by atoms with Gasteiger partial charge < -0.3 is 39.9 Å². The van der Waals surface area contributed by atoms with Gasteiger partial charge in [-0.25, -0.2) is 0 Å².